The fourth-order valence-corrected chi connectivity index (χ4v) is 4.83. The van der Waals surface area contributed by atoms with Crippen molar-refractivity contribution in [1.29, 1.82) is 0 Å². The third-order valence-electron chi connectivity index (χ3n) is 5.78. The van der Waals surface area contributed by atoms with E-state index in [0.29, 0.717) is 28.9 Å². The summed E-state index contributed by atoms with van der Waals surface area (Å²) < 4.78 is 13.1. The lowest BCUT2D eigenvalue weighted by Crippen LogP contribution is -2.02. The molecule has 0 aliphatic carbocycles. The van der Waals surface area contributed by atoms with Crippen molar-refractivity contribution in [1.82, 2.24) is 19.7 Å². The van der Waals surface area contributed by atoms with E-state index in [4.69, 9.17) is 9.15 Å². The summed E-state index contributed by atoms with van der Waals surface area (Å²) in [7, 11) is 0. The number of thioether (sulfide) groups is 1. The zero-order chi connectivity index (χ0) is 24.4. The SMILES string of the molecule is CCOc1ccc(-n2c(SCc3cc(=O)oc4cc(C)c(C)cc34)nnc2-c2ccncc2)cc1. The molecule has 176 valence electrons. The van der Waals surface area contributed by atoms with Crippen LogP contribution in [0.25, 0.3) is 28.0 Å². The number of aryl methyl sites for hydroxylation is 2. The second-order valence-corrected chi connectivity index (χ2v) is 9.06. The molecule has 5 rings (SSSR count). The van der Waals surface area contributed by atoms with Gasteiger partial charge in [0.05, 0.1) is 6.61 Å². The van der Waals surface area contributed by atoms with E-state index in [2.05, 4.69) is 28.2 Å². The summed E-state index contributed by atoms with van der Waals surface area (Å²) in [6.45, 7) is 6.63. The molecule has 0 atom stereocenters. The molecule has 0 aliphatic rings. The Morgan fingerprint density at radius 1 is 0.971 bits per heavy atom. The third-order valence-corrected chi connectivity index (χ3v) is 6.76. The summed E-state index contributed by atoms with van der Waals surface area (Å²) in [6, 6.07) is 17.2. The van der Waals surface area contributed by atoms with E-state index >= 15 is 0 Å². The van der Waals surface area contributed by atoms with Crippen molar-refractivity contribution >= 4 is 22.7 Å². The number of rotatable bonds is 7. The van der Waals surface area contributed by atoms with Gasteiger partial charge >= 0.3 is 5.63 Å². The first-order valence-corrected chi connectivity index (χ1v) is 12.3. The van der Waals surface area contributed by atoms with Crippen molar-refractivity contribution in [2.75, 3.05) is 6.61 Å². The molecule has 0 fully saturated rings. The van der Waals surface area contributed by atoms with Gasteiger partial charge in [-0.1, -0.05) is 11.8 Å². The largest absolute Gasteiger partial charge is 0.494 e. The van der Waals surface area contributed by atoms with Gasteiger partial charge < -0.3 is 9.15 Å². The summed E-state index contributed by atoms with van der Waals surface area (Å²) in [5, 5.41) is 10.6. The molecule has 0 saturated heterocycles. The van der Waals surface area contributed by atoms with Crippen molar-refractivity contribution in [2.24, 2.45) is 0 Å². The standard InChI is InChI=1S/C27H24N4O3S/c1-4-33-22-7-5-21(6-8-22)31-26(19-9-11-28-12-10-19)29-30-27(31)35-16-20-15-25(32)34-24-14-18(3)17(2)13-23(20)24/h5-15H,4,16H2,1-3H3. The second kappa shape index (κ2) is 9.76. The second-order valence-electron chi connectivity index (χ2n) is 8.12. The Hall–Kier alpha value is -3.91. The molecule has 3 aromatic heterocycles. The maximum Gasteiger partial charge on any atom is 0.336 e. The van der Waals surface area contributed by atoms with Crippen molar-refractivity contribution < 1.29 is 9.15 Å². The van der Waals surface area contributed by atoms with Crippen LogP contribution in [0.1, 0.15) is 23.6 Å². The van der Waals surface area contributed by atoms with Crippen LogP contribution in [0.3, 0.4) is 0 Å². The molecule has 0 amide bonds. The fraction of sp³-hybridized carbons (Fsp3) is 0.185. The number of nitrogens with zero attached hydrogens (tertiary/aromatic N) is 4. The van der Waals surface area contributed by atoms with Crippen molar-refractivity contribution in [2.45, 2.75) is 31.7 Å². The van der Waals surface area contributed by atoms with Gasteiger partial charge in [0.15, 0.2) is 11.0 Å². The van der Waals surface area contributed by atoms with E-state index in [-0.39, 0.29) is 5.63 Å². The smallest absolute Gasteiger partial charge is 0.336 e. The van der Waals surface area contributed by atoms with Gasteiger partial charge in [-0.25, -0.2) is 4.79 Å². The van der Waals surface area contributed by atoms with E-state index in [9.17, 15) is 4.79 Å². The molecule has 0 spiro atoms. The molecule has 7 nitrogen and oxygen atoms in total. The molecule has 5 aromatic rings. The predicted octanol–water partition coefficient (Wildman–Crippen LogP) is 5.74. The minimum absolute atomic E-state index is 0.359. The Labute approximate surface area is 206 Å². The molecule has 8 heteroatoms. The van der Waals surface area contributed by atoms with Gasteiger partial charge in [-0.05, 0) is 86.0 Å². The number of ether oxygens (including phenoxy) is 1. The first-order valence-electron chi connectivity index (χ1n) is 11.3. The topological polar surface area (TPSA) is 83.0 Å². The van der Waals surface area contributed by atoms with Gasteiger partial charge in [-0.15, -0.1) is 10.2 Å². The third kappa shape index (κ3) is 4.70. The molecular formula is C27H24N4O3S. The number of hydrogen-bond donors (Lipinski definition) is 0. The average molecular weight is 485 g/mol. The molecule has 0 aliphatic heterocycles. The van der Waals surface area contributed by atoms with Crippen LogP contribution in [0, 0.1) is 13.8 Å². The van der Waals surface area contributed by atoms with Crippen LogP contribution in [0.2, 0.25) is 0 Å². The number of hydrogen-bond acceptors (Lipinski definition) is 7. The maximum atomic E-state index is 12.2. The average Bonchev–Trinajstić information content (AvgIpc) is 3.29. The number of aromatic nitrogens is 4. The summed E-state index contributed by atoms with van der Waals surface area (Å²) >= 11 is 1.52. The highest BCUT2D eigenvalue weighted by molar-refractivity contribution is 7.98. The lowest BCUT2D eigenvalue weighted by Gasteiger charge is -2.12. The zero-order valence-corrected chi connectivity index (χ0v) is 20.5. The van der Waals surface area contributed by atoms with Gasteiger partial charge in [0, 0.05) is 40.8 Å². The van der Waals surface area contributed by atoms with Crippen LogP contribution in [-0.2, 0) is 5.75 Å². The van der Waals surface area contributed by atoms with E-state index in [1.165, 1.54) is 11.8 Å². The van der Waals surface area contributed by atoms with Gasteiger partial charge in [0.25, 0.3) is 0 Å². The highest BCUT2D eigenvalue weighted by Gasteiger charge is 2.17. The number of pyridine rings is 1. The molecular weight excluding hydrogens is 460 g/mol. The van der Waals surface area contributed by atoms with Crippen LogP contribution in [0.5, 0.6) is 5.75 Å². The van der Waals surface area contributed by atoms with Gasteiger partial charge in [-0.2, -0.15) is 0 Å². The van der Waals surface area contributed by atoms with E-state index in [1.54, 1.807) is 18.5 Å². The maximum absolute atomic E-state index is 12.2. The quantitative estimate of drug-likeness (QED) is 0.215. The van der Waals surface area contributed by atoms with E-state index in [0.717, 1.165) is 39.1 Å². The van der Waals surface area contributed by atoms with Crippen LogP contribution >= 0.6 is 11.8 Å². The van der Waals surface area contributed by atoms with Crippen LogP contribution < -0.4 is 10.4 Å². The molecule has 0 unspecified atom stereocenters. The van der Waals surface area contributed by atoms with Gasteiger partial charge in [0.2, 0.25) is 0 Å². The van der Waals surface area contributed by atoms with Crippen molar-refractivity contribution in [3.8, 4) is 22.8 Å². The van der Waals surface area contributed by atoms with Crippen LogP contribution in [-0.4, -0.2) is 26.4 Å². The minimum atomic E-state index is -0.359. The van der Waals surface area contributed by atoms with Gasteiger partial charge in [0.1, 0.15) is 11.3 Å². The van der Waals surface area contributed by atoms with Gasteiger partial charge in [-0.3, -0.25) is 9.55 Å². The Balaban J connectivity index is 1.55. The lowest BCUT2D eigenvalue weighted by atomic mass is 10.0. The van der Waals surface area contributed by atoms with Crippen LogP contribution in [0.15, 0.2) is 81.4 Å². The Bertz CT molecular complexity index is 1540. The summed E-state index contributed by atoms with van der Waals surface area (Å²) in [5.41, 5.74) is 5.19. The lowest BCUT2D eigenvalue weighted by molar-refractivity contribution is 0.340. The first kappa shape index (κ1) is 22.9. The zero-order valence-electron chi connectivity index (χ0n) is 19.7. The molecule has 0 saturated carbocycles. The highest BCUT2D eigenvalue weighted by atomic mass is 32.2. The molecule has 35 heavy (non-hydrogen) atoms. The summed E-state index contributed by atoms with van der Waals surface area (Å²) in [4.78, 5) is 16.4. The summed E-state index contributed by atoms with van der Waals surface area (Å²) in [5.74, 6) is 2.05. The molecule has 2 aromatic carbocycles. The minimum Gasteiger partial charge on any atom is -0.494 e. The normalized spacial score (nSPS) is 11.2. The Kier molecular flexibility index (Phi) is 6.37. The molecule has 0 radical (unpaired) electrons. The Morgan fingerprint density at radius 2 is 1.71 bits per heavy atom. The Morgan fingerprint density at radius 3 is 2.46 bits per heavy atom. The van der Waals surface area contributed by atoms with E-state index in [1.807, 2.05) is 60.9 Å². The molecule has 0 N–H and O–H groups in total. The summed E-state index contributed by atoms with van der Waals surface area (Å²) in [6.07, 6.45) is 3.47. The number of fused-ring (bicyclic) bond motifs is 1. The molecule has 0 bridgehead atoms. The van der Waals surface area contributed by atoms with Crippen molar-refractivity contribution in [3.63, 3.8) is 0 Å². The fourth-order valence-electron chi connectivity index (χ4n) is 3.89. The van der Waals surface area contributed by atoms with E-state index < -0.39 is 0 Å². The predicted molar refractivity (Wildman–Crippen MR) is 137 cm³/mol. The van der Waals surface area contributed by atoms with Crippen molar-refractivity contribution in [3.05, 3.63) is 94.1 Å². The molecule has 3 heterocycles. The first-order chi connectivity index (χ1) is 17.0. The number of benzene rings is 2. The highest BCUT2D eigenvalue weighted by Crippen LogP contribution is 2.32. The monoisotopic (exact) mass is 484 g/mol. The van der Waals surface area contributed by atoms with Crippen LogP contribution in [0.4, 0.5) is 0 Å².